The van der Waals surface area contributed by atoms with Crippen molar-refractivity contribution < 1.29 is 4.42 Å². The third kappa shape index (κ3) is 2.60. The fourth-order valence-corrected chi connectivity index (χ4v) is 2.76. The number of hydrogen-bond acceptors (Lipinski definition) is 5. The first-order chi connectivity index (χ1) is 9.63. The second-order valence-corrected chi connectivity index (χ2v) is 5.51. The highest BCUT2D eigenvalue weighted by atomic mass is 16.4. The minimum Gasteiger partial charge on any atom is -0.444 e. The molecule has 1 fully saturated rings. The molecule has 108 valence electrons. The Hall–Kier alpha value is -1.69. The highest BCUT2D eigenvalue weighted by Gasteiger charge is 2.28. The van der Waals surface area contributed by atoms with Gasteiger partial charge in [0.15, 0.2) is 5.82 Å². The summed E-state index contributed by atoms with van der Waals surface area (Å²) in [5.41, 5.74) is 0.974. The average molecular weight is 275 g/mol. The second-order valence-electron chi connectivity index (χ2n) is 5.51. The van der Waals surface area contributed by atoms with Crippen molar-refractivity contribution in [2.75, 3.05) is 6.54 Å². The predicted molar refractivity (Wildman–Crippen MR) is 74.1 cm³/mol. The Balaban J connectivity index is 1.78. The van der Waals surface area contributed by atoms with Gasteiger partial charge in [-0.1, -0.05) is 6.42 Å². The van der Waals surface area contributed by atoms with Crippen LogP contribution in [0.25, 0.3) is 0 Å². The lowest BCUT2D eigenvalue weighted by atomic mass is 10.0. The number of rotatable bonds is 3. The molecule has 1 atom stereocenters. The summed E-state index contributed by atoms with van der Waals surface area (Å²) in [6.07, 6.45) is 3.52. The Morgan fingerprint density at radius 1 is 1.25 bits per heavy atom. The molecular weight excluding hydrogens is 254 g/mol. The first-order valence-electron chi connectivity index (χ1n) is 7.19. The Kier molecular flexibility index (Phi) is 3.56. The molecule has 1 N–H and O–H groups in total. The van der Waals surface area contributed by atoms with Gasteiger partial charge in [-0.25, -0.2) is 9.97 Å². The predicted octanol–water partition coefficient (Wildman–Crippen LogP) is 2.45. The van der Waals surface area contributed by atoms with Crippen LogP contribution in [0.5, 0.6) is 0 Å². The number of piperidine rings is 1. The molecule has 0 aromatic carbocycles. The van der Waals surface area contributed by atoms with Crippen LogP contribution < -0.4 is 0 Å². The van der Waals surface area contributed by atoms with Crippen LogP contribution in [-0.4, -0.2) is 31.6 Å². The number of likely N-dealkylation sites (tertiary alicyclic amines) is 1. The third-order valence-electron chi connectivity index (χ3n) is 3.94. The van der Waals surface area contributed by atoms with E-state index in [0.29, 0.717) is 0 Å². The summed E-state index contributed by atoms with van der Waals surface area (Å²) in [5.74, 6) is 3.46. The molecule has 0 bridgehead atoms. The summed E-state index contributed by atoms with van der Waals surface area (Å²) in [6.45, 7) is 7.64. The maximum Gasteiger partial charge on any atom is 0.208 e. The van der Waals surface area contributed by atoms with Crippen molar-refractivity contribution in [3.05, 3.63) is 29.0 Å². The Morgan fingerprint density at radius 2 is 2.10 bits per heavy atom. The van der Waals surface area contributed by atoms with Gasteiger partial charge < -0.3 is 4.42 Å². The molecule has 6 heteroatoms. The minimum atomic E-state index is 0.265. The smallest absolute Gasteiger partial charge is 0.208 e. The number of H-pyrrole nitrogens is 1. The van der Waals surface area contributed by atoms with Gasteiger partial charge in [-0.05, 0) is 40.2 Å². The zero-order valence-corrected chi connectivity index (χ0v) is 12.3. The number of aryl methyl sites for hydroxylation is 3. The van der Waals surface area contributed by atoms with Crippen LogP contribution in [0.1, 0.15) is 54.3 Å². The molecule has 3 heterocycles. The van der Waals surface area contributed by atoms with E-state index in [2.05, 4.69) is 25.1 Å². The van der Waals surface area contributed by atoms with Crippen LogP contribution >= 0.6 is 0 Å². The molecule has 2 aromatic heterocycles. The lowest BCUT2D eigenvalue weighted by Gasteiger charge is -2.32. The van der Waals surface area contributed by atoms with Crippen molar-refractivity contribution in [1.82, 2.24) is 25.1 Å². The SMILES string of the molecule is Cc1nc([C@@H]2CCCCN2Cc2nc(C)c(C)o2)n[nH]1. The monoisotopic (exact) mass is 275 g/mol. The maximum atomic E-state index is 5.71. The summed E-state index contributed by atoms with van der Waals surface area (Å²) in [6, 6.07) is 0.265. The van der Waals surface area contributed by atoms with Crippen LogP contribution in [0.15, 0.2) is 4.42 Å². The number of hydrogen-bond donors (Lipinski definition) is 1. The van der Waals surface area contributed by atoms with Crippen LogP contribution in [0, 0.1) is 20.8 Å². The number of oxazole rings is 1. The van der Waals surface area contributed by atoms with Gasteiger partial charge in [-0.2, -0.15) is 5.10 Å². The summed E-state index contributed by atoms with van der Waals surface area (Å²) in [4.78, 5) is 11.3. The Labute approximate surface area is 118 Å². The molecule has 2 aromatic rings. The van der Waals surface area contributed by atoms with E-state index in [0.717, 1.165) is 48.5 Å². The van der Waals surface area contributed by atoms with Gasteiger partial charge in [-0.3, -0.25) is 10.00 Å². The topological polar surface area (TPSA) is 70.8 Å². The molecule has 0 unspecified atom stereocenters. The van der Waals surface area contributed by atoms with E-state index >= 15 is 0 Å². The van der Waals surface area contributed by atoms with Gasteiger partial charge in [0.05, 0.1) is 18.3 Å². The zero-order valence-electron chi connectivity index (χ0n) is 12.3. The highest BCUT2D eigenvalue weighted by Crippen LogP contribution is 2.30. The Morgan fingerprint density at radius 3 is 2.75 bits per heavy atom. The molecule has 1 saturated heterocycles. The molecule has 3 rings (SSSR count). The standard InChI is InChI=1S/C14H21N5O/c1-9-10(2)20-13(15-9)8-19-7-5-4-6-12(19)14-16-11(3)17-18-14/h12H,4-8H2,1-3H3,(H,16,17,18)/t12-/m0/s1. The minimum absolute atomic E-state index is 0.265. The van der Waals surface area contributed by atoms with E-state index in [4.69, 9.17) is 4.42 Å². The molecular formula is C14H21N5O. The van der Waals surface area contributed by atoms with E-state index in [-0.39, 0.29) is 6.04 Å². The summed E-state index contributed by atoms with van der Waals surface area (Å²) >= 11 is 0. The number of aromatic amines is 1. The van der Waals surface area contributed by atoms with Crippen molar-refractivity contribution in [2.45, 2.75) is 52.6 Å². The first-order valence-corrected chi connectivity index (χ1v) is 7.19. The van der Waals surface area contributed by atoms with Crippen molar-refractivity contribution >= 4 is 0 Å². The van der Waals surface area contributed by atoms with Crippen molar-refractivity contribution in [1.29, 1.82) is 0 Å². The molecule has 1 aliphatic rings. The quantitative estimate of drug-likeness (QED) is 0.931. The van der Waals surface area contributed by atoms with Crippen LogP contribution in [0.3, 0.4) is 0 Å². The normalized spacial score (nSPS) is 20.4. The fourth-order valence-electron chi connectivity index (χ4n) is 2.76. The van der Waals surface area contributed by atoms with Gasteiger partial charge in [-0.15, -0.1) is 0 Å². The molecule has 1 aliphatic heterocycles. The molecule has 20 heavy (non-hydrogen) atoms. The van der Waals surface area contributed by atoms with Gasteiger partial charge in [0.1, 0.15) is 11.6 Å². The first kappa shape index (κ1) is 13.3. The molecule has 0 amide bonds. The molecule has 0 saturated carbocycles. The molecule has 0 aliphatic carbocycles. The van der Waals surface area contributed by atoms with E-state index in [1.807, 2.05) is 20.8 Å². The van der Waals surface area contributed by atoms with Gasteiger partial charge in [0.2, 0.25) is 5.89 Å². The van der Waals surface area contributed by atoms with Crippen LogP contribution in [-0.2, 0) is 6.54 Å². The van der Waals surface area contributed by atoms with Crippen molar-refractivity contribution in [3.63, 3.8) is 0 Å². The van der Waals surface area contributed by atoms with Gasteiger partial charge in [0, 0.05) is 0 Å². The van der Waals surface area contributed by atoms with E-state index < -0.39 is 0 Å². The second kappa shape index (κ2) is 5.36. The third-order valence-corrected chi connectivity index (χ3v) is 3.94. The molecule has 0 spiro atoms. The lowest BCUT2D eigenvalue weighted by Crippen LogP contribution is -2.33. The lowest BCUT2D eigenvalue weighted by molar-refractivity contribution is 0.121. The Bertz CT molecular complexity index is 569. The summed E-state index contributed by atoms with van der Waals surface area (Å²) in [7, 11) is 0. The van der Waals surface area contributed by atoms with Crippen LogP contribution in [0.4, 0.5) is 0 Å². The summed E-state index contributed by atoms with van der Waals surface area (Å²) < 4.78 is 5.71. The van der Waals surface area contributed by atoms with Crippen molar-refractivity contribution in [3.8, 4) is 0 Å². The van der Waals surface area contributed by atoms with Gasteiger partial charge in [0.25, 0.3) is 0 Å². The highest BCUT2D eigenvalue weighted by molar-refractivity contribution is 5.06. The summed E-state index contributed by atoms with van der Waals surface area (Å²) in [5, 5.41) is 7.26. The van der Waals surface area contributed by atoms with E-state index in [9.17, 15) is 0 Å². The number of aromatic nitrogens is 4. The largest absolute Gasteiger partial charge is 0.444 e. The zero-order chi connectivity index (χ0) is 14.1. The number of nitrogens with zero attached hydrogens (tertiary/aromatic N) is 4. The number of nitrogens with one attached hydrogen (secondary N) is 1. The fraction of sp³-hybridized carbons (Fsp3) is 0.643. The molecule has 0 radical (unpaired) electrons. The van der Waals surface area contributed by atoms with E-state index in [1.165, 1.54) is 12.8 Å². The maximum absolute atomic E-state index is 5.71. The van der Waals surface area contributed by atoms with Crippen molar-refractivity contribution in [2.24, 2.45) is 0 Å². The average Bonchev–Trinajstić information content (AvgIpc) is 2.97. The van der Waals surface area contributed by atoms with Crippen LogP contribution in [0.2, 0.25) is 0 Å². The van der Waals surface area contributed by atoms with E-state index in [1.54, 1.807) is 0 Å². The molecule has 6 nitrogen and oxygen atoms in total. The van der Waals surface area contributed by atoms with Gasteiger partial charge >= 0.3 is 0 Å².